The molecule has 0 bridgehead atoms. The highest BCUT2D eigenvalue weighted by atomic mass is 79.9. The van der Waals surface area contributed by atoms with Crippen molar-refractivity contribution in [3.8, 4) is 5.75 Å². The number of rotatable bonds is 5. The average Bonchev–Trinajstić information content (AvgIpc) is 2.81. The van der Waals surface area contributed by atoms with Crippen LogP contribution in [0, 0.1) is 0 Å². The van der Waals surface area contributed by atoms with E-state index in [-0.39, 0.29) is 10.6 Å². The van der Waals surface area contributed by atoms with Crippen LogP contribution in [0.5, 0.6) is 5.75 Å². The maximum Gasteiger partial charge on any atom is 0.387 e. The van der Waals surface area contributed by atoms with Crippen LogP contribution in [0.3, 0.4) is 0 Å². The van der Waals surface area contributed by atoms with Crippen LogP contribution in [0.15, 0.2) is 41.1 Å². The van der Waals surface area contributed by atoms with Gasteiger partial charge in [0.25, 0.3) is 0 Å². The molecular formula is C13H11BrF2OS. The van der Waals surface area contributed by atoms with Crippen molar-refractivity contribution in [2.45, 2.75) is 17.9 Å². The summed E-state index contributed by atoms with van der Waals surface area (Å²) in [5.74, 6) is 0.226. The van der Waals surface area contributed by atoms with Crippen molar-refractivity contribution in [2.75, 3.05) is 0 Å². The van der Waals surface area contributed by atoms with E-state index in [1.165, 1.54) is 5.56 Å². The Hall–Kier alpha value is -0.940. The summed E-state index contributed by atoms with van der Waals surface area (Å²) in [4.78, 5) is -0.0398. The van der Waals surface area contributed by atoms with Gasteiger partial charge in [-0.3, -0.25) is 0 Å². The highest BCUT2D eigenvalue weighted by Crippen LogP contribution is 2.34. The zero-order chi connectivity index (χ0) is 13.0. The van der Waals surface area contributed by atoms with E-state index >= 15 is 0 Å². The minimum absolute atomic E-state index is 0.0398. The standard InChI is InChI=1S/C13H11BrF2OS/c14-11(7-9-5-6-18-8-9)10-3-1-2-4-12(10)17-13(15)16/h1-6,8,11,13H,7H2. The predicted octanol–water partition coefficient (Wildman–Crippen LogP) is 5.03. The van der Waals surface area contributed by atoms with Gasteiger partial charge in [0.1, 0.15) is 5.75 Å². The molecule has 0 saturated carbocycles. The summed E-state index contributed by atoms with van der Waals surface area (Å²) < 4.78 is 29.1. The highest BCUT2D eigenvalue weighted by Gasteiger charge is 2.16. The van der Waals surface area contributed by atoms with Crippen LogP contribution in [0.4, 0.5) is 8.78 Å². The second-order valence-electron chi connectivity index (χ2n) is 3.72. The summed E-state index contributed by atoms with van der Waals surface area (Å²) in [6.07, 6.45) is 0.743. The van der Waals surface area contributed by atoms with Crippen LogP contribution in [-0.2, 0) is 6.42 Å². The Morgan fingerprint density at radius 1 is 1.22 bits per heavy atom. The van der Waals surface area contributed by atoms with Gasteiger partial charge in [0.2, 0.25) is 0 Å². The molecule has 1 atom stereocenters. The summed E-state index contributed by atoms with van der Waals surface area (Å²) >= 11 is 5.15. The first kappa shape index (κ1) is 13.5. The third-order valence-corrected chi connectivity index (χ3v) is 4.02. The molecule has 0 N–H and O–H groups in total. The molecule has 1 heterocycles. The summed E-state index contributed by atoms with van der Waals surface area (Å²) in [5, 5.41) is 4.04. The molecule has 0 fully saturated rings. The molecule has 0 spiro atoms. The molecular weight excluding hydrogens is 322 g/mol. The zero-order valence-corrected chi connectivity index (χ0v) is 11.8. The van der Waals surface area contributed by atoms with Crippen molar-refractivity contribution >= 4 is 27.3 Å². The lowest BCUT2D eigenvalue weighted by molar-refractivity contribution is -0.0504. The van der Waals surface area contributed by atoms with E-state index in [9.17, 15) is 8.78 Å². The number of para-hydroxylation sites is 1. The van der Waals surface area contributed by atoms with Gasteiger partial charge in [-0.1, -0.05) is 34.1 Å². The average molecular weight is 333 g/mol. The molecule has 2 aromatic rings. The van der Waals surface area contributed by atoms with Gasteiger partial charge in [-0.25, -0.2) is 0 Å². The third kappa shape index (κ3) is 3.53. The van der Waals surface area contributed by atoms with Gasteiger partial charge >= 0.3 is 6.61 Å². The lowest BCUT2D eigenvalue weighted by Gasteiger charge is -2.14. The zero-order valence-electron chi connectivity index (χ0n) is 9.35. The first-order valence-electron chi connectivity index (χ1n) is 5.35. The van der Waals surface area contributed by atoms with E-state index in [0.29, 0.717) is 0 Å². The Morgan fingerprint density at radius 3 is 2.67 bits per heavy atom. The fourth-order valence-corrected chi connectivity index (χ4v) is 3.10. The molecule has 1 aromatic heterocycles. The van der Waals surface area contributed by atoms with Gasteiger partial charge in [0.05, 0.1) is 0 Å². The second kappa shape index (κ2) is 6.29. The van der Waals surface area contributed by atoms with Gasteiger partial charge in [-0.15, -0.1) is 0 Å². The fourth-order valence-electron chi connectivity index (χ4n) is 1.67. The van der Waals surface area contributed by atoms with Crippen molar-refractivity contribution in [2.24, 2.45) is 0 Å². The van der Waals surface area contributed by atoms with E-state index < -0.39 is 6.61 Å². The van der Waals surface area contributed by atoms with E-state index in [1.54, 1.807) is 29.5 Å². The molecule has 2 rings (SSSR count). The van der Waals surface area contributed by atoms with Gasteiger partial charge in [-0.2, -0.15) is 20.1 Å². The molecule has 1 unspecified atom stereocenters. The van der Waals surface area contributed by atoms with Crippen LogP contribution in [0.2, 0.25) is 0 Å². The molecule has 0 aliphatic carbocycles. The molecule has 1 nitrogen and oxygen atoms in total. The van der Waals surface area contributed by atoms with Gasteiger partial charge in [0, 0.05) is 10.4 Å². The Morgan fingerprint density at radius 2 is 2.00 bits per heavy atom. The topological polar surface area (TPSA) is 9.23 Å². The smallest absolute Gasteiger partial charge is 0.387 e. The molecule has 5 heteroatoms. The SMILES string of the molecule is FC(F)Oc1ccccc1C(Br)Cc1ccsc1. The van der Waals surface area contributed by atoms with Crippen molar-refractivity contribution < 1.29 is 13.5 Å². The van der Waals surface area contributed by atoms with Crippen molar-refractivity contribution in [1.29, 1.82) is 0 Å². The van der Waals surface area contributed by atoms with Gasteiger partial charge < -0.3 is 4.74 Å². The quantitative estimate of drug-likeness (QED) is 0.698. The number of thiophene rings is 1. The highest BCUT2D eigenvalue weighted by molar-refractivity contribution is 9.09. The summed E-state index contributed by atoms with van der Waals surface area (Å²) in [6.45, 7) is -2.80. The molecule has 0 amide bonds. The molecule has 0 radical (unpaired) electrons. The van der Waals surface area contributed by atoms with Crippen LogP contribution in [0.1, 0.15) is 16.0 Å². The largest absolute Gasteiger partial charge is 0.435 e. The molecule has 18 heavy (non-hydrogen) atoms. The molecule has 0 aliphatic heterocycles. The van der Waals surface area contributed by atoms with E-state index in [0.717, 1.165) is 12.0 Å². The van der Waals surface area contributed by atoms with Crippen molar-refractivity contribution in [3.05, 3.63) is 52.2 Å². The van der Waals surface area contributed by atoms with E-state index in [4.69, 9.17) is 0 Å². The summed E-state index contributed by atoms with van der Waals surface area (Å²) in [5.41, 5.74) is 1.91. The van der Waals surface area contributed by atoms with Crippen LogP contribution in [-0.4, -0.2) is 6.61 Å². The minimum atomic E-state index is -2.80. The molecule has 96 valence electrons. The van der Waals surface area contributed by atoms with Crippen molar-refractivity contribution in [1.82, 2.24) is 0 Å². The van der Waals surface area contributed by atoms with Crippen LogP contribution >= 0.6 is 27.3 Å². The van der Waals surface area contributed by atoms with Crippen molar-refractivity contribution in [3.63, 3.8) is 0 Å². The monoisotopic (exact) mass is 332 g/mol. The first-order chi connectivity index (χ1) is 8.66. The Labute approximate surface area is 117 Å². The Balaban J connectivity index is 2.16. The number of alkyl halides is 3. The predicted molar refractivity (Wildman–Crippen MR) is 72.8 cm³/mol. The summed E-state index contributed by atoms with van der Waals surface area (Å²) in [7, 11) is 0. The number of ether oxygens (including phenoxy) is 1. The van der Waals surface area contributed by atoms with Crippen LogP contribution < -0.4 is 4.74 Å². The second-order valence-corrected chi connectivity index (χ2v) is 5.60. The Bertz CT molecular complexity index is 487. The lowest BCUT2D eigenvalue weighted by atomic mass is 10.1. The fraction of sp³-hybridized carbons (Fsp3) is 0.231. The number of hydrogen-bond acceptors (Lipinski definition) is 2. The molecule has 0 saturated heterocycles. The number of halogens is 3. The maximum absolute atomic E-state index is 12.3. The first-order valence-corrected chi connectivity index (χ1v) is 7.21. The van der Waals surface area contributed by atoms with E-state index in [2.05, 4.69) is 20.7 Å². The lowest BCUT2D eigenvalue weighted by Crippen LogP contribution is -2.06. The van der Waals surface area contributed by atoms with E-state index in [1.807, 2.05) is 22.9 Å². The third-order valence-electron chi connectivity index (χ3n) is 2.47. The normalized spacial score (nSPS) is 12.7. The van der Waals surface area contributed by atoms with Gasteiger partial charge in [0.15, 0.2) is 0 Å². The van der Waals surface area contributed by atoms with Gasteiger partial charge in [-0.05, 0) is 34.9 Å². The minimum Gasteiger partial charge on any atom is -0.435 e. The number of hydrogen-bond donors (Lipinski definition) is 0. The molecule has 0 aliphatic rings. The Kier molecular flexibility index (Phi) is 4.72. The summed E-state index contributed by atoms with van der Waals surface area (Å²) in [6, 6.07) is 8.88. The molecule has 1 aromatic carbocycles. The van der Waals surface area contributed by atoms with Crippen LogP contribution in [0.25, 0.3) is 0 Å². The number of benzene rings is 1. The maximum atomic E-state index is 12.3.